The maximum absolute atomic E-state index is 12.8. The van der Waals surface area contributed by atoms with Gasteiger partial charge in [-0.05, 0) is 64.8 Å². The quantitative estimate of drug-likeness (QED) is 0.416. The second-order valence-corrected chi connectivity index (χ2v) is 9.97. The van der Waals surface area contributed by atoms with E-state index in [-0.39, 0.29) is 11.6 Å². The third-order valence-corrected chi connectivity index (χ3v) is 7.71. The second kappa shape index (κ2) is 7.42. The molecule has 0 aromatic heterocycles. The summed E-state index contributed by atoms with van der Waals surface area (Å²) in [6, 6.07) is 12.9. The number of hydrogen-bond acceptors (Lipinski definition) is 4. The molecule has 0 bridgehead atoms. The van der Waals surface area contributed by atoms with E-state index in [1.165, 1.54) is 22.3 Å². The molecular formula is C31H26O4. The van der Waals surface area contributed by atoms with Crippen LogP contribution in [0.2, 0.25) is 0 Å². The van der Waals surface area contributed by atoms with Crippen LogP contribution in [0.5, 0.6) is 0 Å². The Morgan fingerprint density at radius 3 is 2.03 bits per heavy atom. The van der Waals surface area contributed by atoms with Gasteiger partial charge in [0.1, 0.15) is 0 Å². The summed E-state index contributed by atoms with van der Waals surface area (Å²) >= 11 is 0. The first-order valence-corrected chi connectivity index (χ1v) is 12.7. The summed E-state index contributed by atoms with van der Waals surface area (Å²) < 4.78 is 11.7. The third kappa shape index (κ3) is 2.99. The monoisotopic (exact) mass is 462 g/mol. The van der Waals surface area contributed by atoms with Gasteiger partial charge in [0.25, 0.3) is 0 Å². The minimum Gasteiger partial charge on any atom is -0.473 e. The van der Waals surface area contributed by atoms with E-state index in [0.717, 1.165) is 77.0 Å². The van der Waals surface area contributed by atoms with Crippen LogP contribution in [0.4, 0.5) is 0 Å². The largest absolute Gasteiger partial charge is 0.473 e. The van der Waals surface area contributed by atoms with Crippen LogP contribution >= 0.6 is 0 Å². The van der Waals surface area contributed by atoms with E-state index >= 15 is 0 Å². The van der Waals surface area contributed by atoms with Gasteiger partial charge in [-0.2, -0.15) is 0 Å². The van der Waals surface area contributed by atoms with E-state index < -0.39 is 12.2 Å². The van der Waals surface area contributed by atoms with Gasteiger partial charge in [0, 0.05) is 22.3 Å². The van der Waals surface area contributed by atoms with Crippen molar-refractivity contribution < 1.29 is 19.1 Å². The van der Waals surface area contributed by atoms with Gasteiger partial charge in [-0.1, -0.05) is 63.1 Å². The number of Topliss-reactive ketones (excluding diaryl/α,β-unsaturated/α-hetero) is 2. The molecular weight excluding hydrogens is 436 g/mol. The molecule has 2 aliphatic heterocycles. The lowest BCUT2D eigenvalue weighted by Gasteiger charge is -2.19. The van der Waals surface area contributed by atoms with Gasteiger partial charge in [0.05, 0.1) is 0 Å². The first-order valence-electron chi connectivity index (χ1n) is 12.7. The zero-order chi connectivity index (χ0) is 23.8. The number of allylic oxidation sites excluding steroid dienone is 4. The Hall–Kier alpha value is -3.66. The minimum atomic E-state index is -0.439. The molecule has 2 fully saturated rings. The maximum atomic E-state index is 12.8. The highest BCUT2D eigenvalue weighted by Crippen LogP contribution is 2.52. The molecule has 2 unspecified atom stereocenters. The first kappa shape index (κ1) is 20.7. The molecule has 3 aliphatic carbocycles. The predicted molar refractivity (Wildman–Crippen MR) is 134 cm³/mol. The summed E-state index contributed by atoms with van der Waals surface area (Å²) in [7, 11) is 0. The zero-order valence-corrected chi connectivity index (χ0v) is 19.9. The fourth-order valence-corrected chi connectivity index (χ4v) is 5.99. The number of epoxide rings is 2. The average Bonchev–Trinajstić information content (AvgIpc) is 3.78. The zero-order valence-electron chi connectivity index (χ0n) is 19.9. The number of fused-ring (bicyclic) bond motifs is 5. The van der Waals surface area contributed by atoms with E-state index in [0.29, 0.717) is 0 Å². The van der Waals surface area contributed by atoms with Crippen LogP contribution in [0.1, 0.15) is 61.8 Å². The van der Waals surface area contributed by atoms with E-state index in [4.69, 9.17) is 9.47 Å². The highest BCUT2D eigenvalue weighted by molar-refractivity contribution is 6.13. The van der Waals surface area contributed by atoms with Crippen molar-refractivity contribution in [2.45, 2.75) is 58.2 Å². The van der Waals surface area contributed by atoms with Crippen molar-refractivity contribution in [3.63, 3.8) is 0 Å². The summed E-state index contributed by atoms with van der Waals surface area (Å²) in [4.78, 5) is 25.6. The van der Waals surface area contributed by atoms with Crippen LogP contribution in [-0.2, 0) is 25.5 Å². The number of hydrogen-bond donors (Lipinski definition) is 0. The van der Waals surface area contributed by atoms with E-state index in [2.05, 4.69) is 56.3 Å². The van der Waals surface area contributed by atoms with E-state index in [1.807, 2.05) is 6.08 Å². The van der Waals surface area contributed by atoms with Crippen LogP contribution in [0, 0.1) is 0 Å². The number of benzene rings is 2. The lowest BCUT2D eigenvalue weighted by molar-refractivity contribution is -0.117. The molecule has 0 N–H and O–H groups in total. The van der Waals surface area contributed by atoms with Gasteiger partial charge in [-0.15, -0.1) is 0 Å². The molecule has 2 atom stereocenters. The first-order chi connectivity index (χ1) is 17.1. The smallest absolute Gasteiger partial charge is 0.218 e. The van der Waals surface area contributed by atoms with Crippen LogP contribution in [-0.4, -0.2) is 23.8 Å². The summed E-state index contributed by atoms with van der Waals surface area (Å²) in [5, 5.41) is 0. The summed E-state index contributed by atoms with van der Waals surface area (Å²) in [5.74, 6) is 1.75. The number of carbonyl (C=O) groups is 2. The number of carbonyl (C=O) groups excluding carboxylic acids is 2. The van der Waals surface area contributed by atoms with Crippen molar-refractivity contribution in [1.29, 1.82) is 0 Å². The van der Waals surface area contributed by atoms with Gasteiger partial charge in [0.15, 0.2) is 11.5 Å². The Kier molecular flexibility index (Phi) is 4.38. The van der Waals surface area contributed by atoms with Crippen molar-refractivity contribution in [2.75, 3.05) is 0 Å². The maximum Gasteiger partial charge on any atom is 0.218 e. The van der Waals surface area contributed by atoms with Crippen LogP contribution in [0.15, 0.2) is 71.2 Å². The molecule has 0 spiro atoms. The molecule has 0 saturated carbocycles. The van der Waals surface area contributed by atoms with Gasteiger partial charge >= 0.3 is 0 Å². The minimum absolute atomic E-state index is 0.0988. The second-order valence-electron chi connectivity index (χ2n) is 9.97. The lowest BCUT2D eigenvalue weighted by atomic mass is 9.81. The molecule has 0 amide bonds. The predicted octanol–water partition coefficient (Wildman–Crippen LogP) is 6.10. The van der Waals surface area contributed by atoms with Crippen LogP contribution in [0.3, 0.4) is 0 Å². The molecule has 4 heteroatoms. The SMILES string of the molecule is CCCC1=CC(c2ccc3c(c2C2=C4OC4C(=O)C(CCC)=C2)Cc2ccccc2-3)=C2OC2C1=O. The Bertz CT molecular complexity index is 1480. The highest BCUT2D eigenvalue weighted by Gasteiger charge is 2.49. The molecule has 7 rings (SSSR count). The molecule has 5 aliphatic rings. The van der Waals surface area contributed by atoms with Crippen molar-refractivity contribution in [1.82, 2.24) is 0 Å². The fourth-order valence-electron chi connectivity index (χ4n) is 5.99. The number of ketones is 2. The summed E-state index contributed by atoms with van der Waals surface area (Å²) in [6.45, 7) is 4.19. The molecule has 35 heavy (non-hydrogen) atoms. The molecule has 2 aromatic rings. The number of rotatable bonds is 6. The molecule has 174 valence electrons. The molecule has 2 saturated heterocycles. The summed E-state index contributed by atoms with van der Waals surface area (Å²) in [5.41, 5.74) is 10.9. The van der Waals surface area contributed by atoms with Crippen molar-refractivity contribution >= 4 is 22.7 Å². The molecule has 2 heterocycles. The Labute approximate surface area is 204 Å². The van der Waals surface area contributed by atoms with Gasteiger partial charge in [-0.25, -0.2) is 0 Å². The van der Waals surface area contributed by atoms with Gasteiger partial charge in [0.2, 0.25) is 23.8 Å². The Morgan fingerprint density at radius 2 is 1.34 bits per heavy atom. The summed E-state index contributed by atoms with van der Waals surface area (Å²) in [6.07, 6.45) is 7.38. The fraction of sp³-hybridized carbons (Fsp3) is 0.290. The van der Waals surface area contributed by atoms with Crippen molar-refractivity contribution in [3.8, 4) is 11.1 Å². The topological polar surface area (TPSA) is 59.2 Å². The van der Waals surface area contributed by atoms with E-state index in [9.17, 15) is 9.59 Å². The van der Waals surface area contributed by atoms with Crippen molar-refractivity contribution in [3.05, 3.63) is 93.5 Å². The molecule has 0 radical (unpaired) electrons. The Balaban J connectivity index is 1.47. The van der Waals surface area contributed by atoms with Crippen LogP contribution < -0.4 is 0 Å². The lowest BCUT2D eigenvalue weighted by Crippen LogP contribution is -2.15. The van der Waals surface area contributed by atoms with E-state index in [1.54, 1.807) is 0 Å². The standard InChI is InChI=1S/C31H26O4/c1-3-7-17-14-23(28-30(34-28)26(17)32)21-12-11-20-19-10-6-5-9-16(19)13-22(20)25(21)24-15-18(8-4-2)27(33)31-29(24)35-31/h5-6,9-12,14-15,30-31H,3-4,7-8,13H2,1-2H3. The molecule has 2 aromatic carbocycles. The highest BCUT2D eigenvalue weighted by atomic mass is 16.6. The Morgan fingerprint density at radius 1 is 0.743 bits per heavy atom. The number of ether oxygens (including phenoxy) is 2. The van der Waals surface area contributed by atoms with Gasteiger partial charge in [-0.3, -0.25) is 9.59 Å². The third-order valence-electron chi connectivity index (χ3n) is 7.71. The molecule has 4 nitrogen and oxygen atoms in total. The van der Waals surface area contributed by atoms with Crippen LogP contribution in [0.25, 0.3) is 22.3 Å². The average molecular weight is 463 g/mol. The van der Waals surface area contributed by atoms with Crippen molar-refractivity contribution in [2.24, 2.45) is 0 Å². The normalized spacial score (nSPS) is 23.0. The van der Waals surface area contributed by atoms with Gasteiger partial charge < -0.3 is 9.47 Å².